The highest BCUT2D eigenvalue weighted by Gasteiger charge is 2.26. The molecule has 0 saturated carbocycles. The van der Waals surface area contributed by atoms with Crippen molar-refractivity contribution in [3.05, 3.63) is 0 Å². The van der Waals surface area contributed by atoms with Gasteiger partial charge in [-0.1, -0.05) is 12.8 Å². The van der Waals surface area contributed by atoms with E-state index < -0.39 is 5.97 Å². The molecule has 1 N–H and O–H groups in total. The van der Waals surface area contributed by atoms with Gasteiger partial charge in [-0.15, -0.1) is 0 Å². The van der Waals surface area contributed by atoms with Gasteiger partial charge >= 0.3 is 5.97 Å². The summed E-state index contributed by atoms with van der Waals surface area (Å²) >= 11 is 0. The van der Waals surface area contributed by atoms with Gasteiger partial charge in [-0.25, -0.2) is 0 Å². The Balaban J connectivity index is 2.28. The molecule has 5 heteroatoms. The minimum absolute atomic E-state index is 0.330. The number of aliphatic carboxylic acids is 1. The lowest BCUT2D eigenvalue weighted by Crippen LogP contribution is -2.42. The van der Waals surface area contributed by atoms with Crippen molar-refractivity contribution in [2.45, 2.75) is 31.7 Å². The second-order valence-electron chi connectivity index (χ2n) is 4.34. The normalized spacial score (nSPS) is 22.3. The van der Waals surface area contributed by atoms with Gasteiger partial charge in [-0.3, -0.25) is 9.69 Å². The standard InChI is InChI=1S/C12H23NO4/c1-16-9-10-17-8-7-13-6-4-2-3-5-11(13)12(14)15/h11H,2-10H2,1H3,(H,14,15). The monoisotopic (exact) mass is 245 g/mol. The average Bonchev–Trinajstić information content (AvgIpc) is 2.54. The maximum atomic E-state index is 11.2. The molecular formula is C12H23NO4. The zero-order valence-electron chi connectivity index (χ0n) is 10.6. The van der Waals surface area contributed by atoms with E-state index in [0.29, 0.717) is 26.4 Å². The van der Waals surface area contributed by atoms with Gasteiger partial charge in [0.25, 0.3) is 0 Å². The number of ether oxygens (including phenoxy) is 2. The molecular weight excluding hydrogens is 222 g/mol. The Bertz CT molecular complexity index is 223. The Morgan fingerprint density at radius 2 is 2.12 bits per heavy atom. The molecule has 1 heterocycles. The quantitative estimate of drug-likeness (QED) is 0.677. The first-order chi connectivity index (χ1) is 8.25. The molecule has 0 aromatic rings. The first-order valence-corrected chi connectivity index (χ1v) is 6.29. The second-order valence-corrected chi connectivity index (χ2v) is 4.34. The van der Waals surface area contributed by atoms with Crippen molar-refractivity contribution >= 4 is 5.97 Å². The lowest BCUT2D eigenvalue weighted by atomic mass is 10.1. The van der Waals surface area contributed by atoms with Crippen molar-refractivity contribution in [1.29, 1.82) is 0 Å². The number of carboxylic acid groups (broad SMARTS) is 1. The van der Waals surface area contributed by atoms with Crippen LogP contribution in [-0.2, 0) is 14.3 Å². The van der Waals surface area contributed by atoms with Gasteiger partial charge in [0.1, 0.15) is 6.04 Å². The van der Waals surface area contributed by atoms with Gasteiger partial charge in [0, 0.05) is 13.7 Å². The molecule has 100 valence electrons. The van der Waals surface area contributed by atoms with Crippen LogP contribution in [0.3, 0.4) is 0 Å². The molecule has 0 amide bonds. The van der Waals surface area contributed by atoms with E-state index in [1.165, 1.54) is 0 Å². The van der Waals surface area contributed by atoms with E-state index >= 15 is 0 Å². The number of carbonyl (C=O) groups is 1. The van der Waals surface area contributed by atoms with Crippen LogP contribution >= 0.6 is 0 Å². The highest BCUT2D eigenvalue weighted by Crippen LogP contribution is 2.16. The van der Waals surface area contributed by atoms with E-state index in [9.17, 15) is 9.90 Å². The SMILES string of the molecule is COCCOCCN1CCCCCC1C(=O)O. The molecule has 0 radical (unpaired) electrons. The molecule has 1 atom stereocenters. The number of hydrogen-bond donors (Lipinski definition) is 1. The molecule has 1 unspecified atom stereocenters. The Morgan fingerprint density at radius 3 is 2.82 bits per heavy atom. The van der Waals surface area contributed by atoms with Gasteiger partial charge in [-0.2, -0.15) is 0 Å². The first-order valence-electron chi connectivity index (χ1n) is 6.29. The van der Waals surface area contributed by atoms with Crippen LogP contribution in [0.4, 0.5) is 0 Å². The number of nitrogens with zero attached hydrogens (tertiary/aromatic N) is 1. The predicted octanol–water partition coefficient (Wildman–Crippen LogP) is 0.979. The first kappa shape index (κ1) is 14.4. The van der Waals surface area contributed by atoms with Crippen molar-refractivity contribution in [2.24, 2.45) is 0 Å². The Labute approximate surface area is 103 Å². The highest BCUT2D eigenvalue weighted by atomic mass is 16.5. The number of likely N-dealkylation sites (tertiary alicyclic amines) is 1. The van der Waals surface area contributed by atoms with Crippen molar-refractivity contribution in [2.75, 3.05) is 40.0 Å². The fourth-order valence-electron chi connectivity index (χ4n) is 2.14. The van der Waals surface area contributed by atoms with Gasteiger partial charge in [0.05, 0.1) is 19.8 Å². The molecule has 1 aliphatic rings. The Morgan fingerprint density at radius 1 is 1.29 bits per heavy atom. The molecule has 0 aromatic heterocycles. The van der Waals surface area contributed by atoms with Crippen LogP contribution in [0.15, 0.2) is 0 Å². The van der Waals surface area contributed by atoms with Gasteiger partial charge in [0.15, 0.2) is 0 Å². The largest absolute Gasteiger partial charge is 0.480 e. The maximum Gasteiger partial charge on any atom is 0.320 e. The fourth-order valence-corrected chi connectivity index (χ4v) is 2.14. The van der Waals surface area contributed by atoms with Gasteiger partial charge in [-0.05, 0) is 19.4 Å². The molecule has 17 heavy (non-hydrogen) atoms. The third-order valence-corrected chi connectivity index (χ3v) is 3.10. The number of methoxy groups -OCH3 is 1. The smallest absolute Gasteiger partial charge is 0.320 e. The minimum Gasteiger partial charge on any atom is -0.480 e. The van der Waals surface area contributed by atoms with E-state index in [1.54, 1.807) is 7.11 Å². The van der Waals surface area contributed by atoms with Crippen LogP contribution in [-0.4, -0.2) is 62.0 Å². The van der Waals surface area contributed by atoms with Crippen LogP contribution in [0.25, 0.3) is 0 Å². The lowest BCUT2D eigenvalue weighted by molar-refractivity contribution is -0.143. The van der Waals surface area contributed by atoms with Crippen LogP contribution in [0.2, 0.25) is 0 Å². The highest BCUT2D eigenvalue weighted by molar-refractivity contribution is 5.73. The van der Waals surface area contributed by atoms with E-state index in [2.05, 4.69) is 0 Å². The predicted molar refractivity (Wildman–Crippen MR) is 64.2 cm³/mol. The number of hydrogen-bond acceptors (Lipinski definition) is 4. The number of rotatable bonds is 7. The maximum absolute atomic E-state index is 11.2. The van der Waals surface area contributed by atoms with E-state index in [0.717, 1.165) is 32.2 Å². The van der Waals surface area contributed by atoms with Crippen LogP contribution in [0, 0.1) is 0 Å². The minimum atomic E-state index is -0.705. The Kier molecular flexibility index (Phi) is 7.16. The molecule has 0 aliphatic carbocycles. The third-order valence-electron chi connectivity index (χ3n) is 3.10. The summed E-state index contributed by atoms with van der Waals surface area (Å²) in [5.74, 6) is -0.705. The van der Waals surface area contributed by atoms with E-state index in [-0.39, 0.29) is 6.04 Å². The average molecular weight is 245 g/mol. The lowest BCUT2D eigenvalue weighted by Gasteiger charge is -2.26. The number of carboxylic acids is 1. The van der Waals surface area contributed by atoms with Crippen molar-refractivity contribution in [3.8, 4) is 0 Å². The summed E-state index contributed by atoms with van der Waals surface area (Å²) in [5.41, 5.74) is 0. The topological polar surface area (TPSA) is 59.0 Å². The van der Waals surface area contributed by atoms with E-state index in [4.69, 9.17) is 9.47 Å². The molecule has 1 saturated heterocycles. The summed E-state index contributed by atoms with van der Waals surface area (Å²) in [6.07, 6.45) is 3.98. The molecule has 5 nitrogen and oxygen atoms in total. The molecule has 0 spiro atoms. The summed E-state index contributed by atoms with van der Waals surface area (Å²) in [5, 5.41) is 9.17. The van der Waals surface area contributed by atoms with Crippen molar-refractivity contribution < 1.29 is 19.4 Å². The Hall–Kier alpha value is -0.650. The summed E-state index contributed by atoms with van der Waals surface area (Å²) in [4.78, 5) is 13.2. The fraction of sp³-hybridized carbons (Fsp3) is 0.917. The molecule has 1 rings (SSSR count). The summed E-state index contributed by atoms with van der Waals surface area (Å²) < 4.78 is 10.3. The summed E-state index contributed by atoms with van der Waals surface area (Å²) in [6.45, 7) is 3.29. The van der Waals surface area contributed by atoms with Gasteiger partial charge < -0.3 is 14.6 Å². The van der Waals surface area contributed by atoms with Crippen LogP contribution < -0.4 is 0 Å². The third kappa shape index (κ3) is 5.48. The zero-order valence-corrected chi connectivity index (χ0v) is 10.6. The van der Waals surface area contributed by atoms with Gasteiger partial charge in [0.2, 0.25) is 0 Å². The molecule has 1 fully saturated rings. The zero-order chi connectivity index (χ0) is 12.5. The van der Waals surface area contributed by atoms with Crippen molar-refractivity contribution in [1.82, 2.24) is 4.90 Å². The van der Waals surface area contributed by atoms with E-state index in [1.807, 2.05) is 4.90 Å². The second kappa shape index (κ2) is 8.44. The van der Waals surface area contributed by atoms with Crippen LogP contribution in [0.1, 0.15) is 25.7 Å². The molecule has 1 aliphatic heterocycles. The van der Waals surface area contributed by atoms with Crippen molar-refractivity contribution in [3.63, 3.8) is 0 Å². The summed E-state index contributed by atoms with van der Waals surface area (Å²) in [6, 6.07) is -0.330. The molecule has 0 aromatic carbocycles. The molecule has 0 bridgehead atoms. The summed E-state index contributed by atoms with van der Waals surface area (Å²) in [7, 11) is 1.64. The van der Waals surface area contributed by atoms with Crippen LogP contribution in [0.5, 0.6) is 0 Å².